The number of benzene rings is 1. The summed E-state index contributed by atoms with van der Waals surface area (Å²) in [5, 5.41) is 2.92. The van der Waals surface area contributed by atoms with Gasteiger partial charge in [-0.25, -0.2) is 0 Å². The molecule has 1 fully saturated rings. The van der Waals surface area contributed by atoms with Gasteiger partial charge in [-0.2, -0.15) is 0 Å². The minimum absolute atomic E-state index is 0.0156. The summed E-state index contributed by atoms with van der Waals surface area (Å²) in [6.07, 6.45) is 0.925. The fourth-order valence-corrected chi connectivity index (χ4v) is 2.77. The number of hydrogen-bond acceptors (Lipinski definition) is 3. The first-order valence-electron chi connectivity index (χ1n) is 6.15. The summed E-state index contributed by atoms with van der Waals surface area (Å²) in [7, 11) is 0. The molecule has 0 radical (unpaired) electrons. The standard InChI is InChI=1S/C13H18BrN3O/c1-9-5-6-16-13(18)12(8-15)17(9)11-4-2-3-10(14)7-11/h2-4,7,9,12H,5-6,8,15H2,1H3,(H,16,18). The van der Waals surface area contributed by atoms with Crippen molar-refractivity contribution in [3.05, 3.63) is 28.7 Å². The average molecular weight is 312 g/mol. The lowest BCUT2D eigenvalue weighted by molar-refractivity contribution is -0.121. The van der Waals surface area contributed by atoms with Crippen molar-refractivity contribution in [2.45, 2.75) is 25.4 Å². The third kappa shape index (κ3) is 2.67. The summed E-state index contributed by atoms with van der Waals surface area (Å²) in [6.45, 7) is 3.16. The van der Waals surface area contributed by atoms with Crippen LogP contribution < -0.4 is 16.0 Å². The lowest BCUT2D eigenvalue weighted by Gasteiger charge is -2.34. The zero-order chi connectivity index (χ0) is 13.1. The summed E-state index contributed by atoms with van der Waals surface area (Å²) >= 11 is 3.47. The maximum atomic E-state index is 12.0. The zero-order valence-corrected chi connectivity index (χ0v) is 12.0. The zero-order valence-electron chi connectivity index (χ0n) is 10.4. The van der Waals surface area contributed by atoms with Crippen LogP contribution in [-0.2, 0) is 4.79 Å². The van der Waals surface area contributed by atoms with Gasteiger partial charge in [0.2, 0.25) is 5.91 Å². The van der Waals surface area contributed by atoms with Crippen LogP contribution in [0.3, 0.4) is 0 Å². The van der Waals surface area contributed by atoms with Crippen LogP contribution in [0.5, 0.6) is 0 Å². The van der Waals surface area contributed by atoms with E-state index in [4.69, 9.17) is 5.73 Å². The van der Waals surface area contributed by atoms with Gasteiger partial charge in [0.15, 0.2) is 0 Å². The van der Waals surface area contributed by atoms with Crippen molar-refractivity contribution in [3.8, 4) is 0 Å². The van der Waals surface area contributed by atoms with Crippen LogP contribution in [0.1, 0.15) is 13.3 Å². The number of nitrogens with two attached hydrogens (primary N) is 1. The Kier molecular flexibility index (Phi) is 4.24. The Balaban J connectivity index is 2.38. The highest BCUT2D eigenvalue weighted by molar-refractivity contribution is 9.10. The van der Waals surface area contributed by atoms with Crippen LogP contribution in [0.15, 0.2) is 28.7 Å². The first kappa shape index (κ1) is 13.4. The molecule has 1 aromatic rings. The molecule has 1 aliphatic rings. The van der Waals surface area contributed by atoms with Crippen molar-refractivity contribution in [2.24, 2.45) is 5.73 Å². The Morgan fingerprint density at radius 3 is 3.00 bits per heavy atom. The molecule has 1 amide bonds. The number of nitrogens with zero attached hydrogens (tertiary/aromatic N) is 1. The van der Waals surface area contributed by atoms with E-state index in [9.17, 15) is 4.79 Å². The molecule has 2 atom stereocenters. The molecule has 0 saturated carbocycles. The fourth-order valence-electron chi connectivity index (χ4n) is 2.39. The molecule has 0 bridgehead atoms. The van der Waals surface area contributed by atoms with Crippen molar-refractivity contribution < 1.29 is 4.79 Å². The molecule has 1 aromatic carbocycles. The molecule has 1 heterocycles. The van der Waals surface area contributed by atoms with Gasteiger partial charge in [-0.1, -0.05) is 22.0 Å². The highest BCUT2D eigenvalue weighted by atomic mass is 79.9. The number of nitrogens with one attached hydrogen (secondary N) is 1. The smallest absolute Gasteiger partial charge is 0.244 e. The summed E-state index contributed by atoms with van der Waals surface area (Å²) < 4.78 is 1.01. The highest BCUT2D eigenvalue weighted by Gasteiger charge is 2.31. The molecule has 98 valence electrons. The van der Waals surface area contributed by atoms with E-state index >= 15 is 0 Å². The van der Waals surface area contributed by atoms with E-state index < -0.39 is 0 Å². The number of amides is 1. The molecular formula is C13H18BrN3O. The van der Waals surface area contributed by atoms with E-state index in [1.165, 1.54) is 0 Å². The molecule has 5 heteroatoms. The van der Waals surface area contributed by atoms with Crippen LogP contribution in [-0.4, -0.2) is 31.1 Å². The molecule has 18 heavy (non-hydrogen) atoms. The molecule has 1 aliphatic heterocycles. The third-order valence-corrected chi connectivity index (χ3v) is 3.80. The second-order valence-electron chi connectivity index (χ2n) is 4.57. The monoisotopic (exact) mass is 311 g/mol. The van der Waals surface area contributed by atoms with E-state index in [1.807, 2.05) is 24.3 Å². The van der Waals surface area contributed by atoms with Crippen LogP contribution in [0.4, 0.5) is 5.69 Å². The normalized spacial score (nSPS) is 24.6. The van der Waals surface area contributed by atoms with Crippen molar-refractivity contribution in [3.63, 3.8) is 0 Å². The van der Waals surface area contributed by atoms with Gasteiger partial charge in [0.1, 0.15) is 6.04 Å². The molecule has 0 spiro atoms. The molecule has 4 nitrogen and oxygen atoms in total. The largest absolute Gasteiger partial charge is 0.356 e. The number of rotatable bonds is 2. The average Bonchev–Trinajstić information content (AvgIpc) is 2.48. The van der Waals surface area contributed by atoms with Gasteiger partial charge >= 0.3 is 0 Å². The maximum absolute atomic E-state index is 12.0. The first-order valence-corrected chi connectivity index (χ1v) is 6.94. The Hall–Kier alpha value is -1.07. The van der Waals surface area contributed by atoms with Crippen molar-refractivity contribution in [1.29, 1.82) is 0 Å². The minimum atomic E-state index is -0.295. The lowest BCUT2D eigenvalue weighted by atomic mass is 10.1. The number of halogens is 1. The van der Waals surface area contributed by atoms with Crippen LogP contribution in [0.2, 0.25) is 0 Å². The topological polar surface area (TPSA) is 58.4 Å². The van der Waals surface area contributed by atoms with Crippen molar-refractivity contribution in [2.75, 3.05) is 18.0 Å². The second kappa shape index (κ2) is 5.71. The summed E-state index contributed by atoms with van der Waals surface area (Å²) in [4.78, 5) is 14.1. The SMILES string of the molecule is CC1CCNC(=O)C(CN)N1c1cccc(Br)c1. The second-order valence-corrected chi connectivity index (χ2v) is 5.48. The summed E-state index contributed by atoms with van der Waals surface area (Å²) in [5.74, 6) is 0.0156. The lowest BCUT2D eigenvalue weighted by Crippen LogP contribution is -2.51. The fraction of sp³-hybridized carbons (Fsp3) is 0.462. The Morgan fingerprint density at radius 2 is 2.33 bits per heavy atom. The van der Waals surface area contributed by atoms with Crippen molar-refractivity contribution >= 4 is 27.5 Å². The number of hydrogen-bond donors (Lipinski definition) is 2. The number of anilines is 1. The minimum Gasteiger partial charge on any atom is -0.356 e. The predicted molar refractivity (Wildman–Crippen MR) is 76.6 cm³/mol. The van der Waals surface area contributed by atoms with Crippen molar-refractivity contribution in [1.82, 2.24) is 5.32 Å². The third-order valence-electron chi connectivity index (χ3n) is 3.30. The molecule has 2 rings (SSSR count). The number of carbonyl (C=O) groups is 1. The summed E-state index contributed by atoms with van der Waals surface area (Å²) in [6, 6.07) is 7.98. The van der Waals surface area contributed by atoms with E-state index in [1.54, 1.807) is 0 Å². The Morgan fingerprint density at radius 1 is 1.56 bits per heavy atom. The van der Waals surface area contributed by atoms with Crippen LogP contribution in [0.25, 0.3) is 0 Å². The van der Waals surface area contributed by atoms with Gasteiger partial charge < -0.3 is 16.0 Å². The van der Waals surface area contributed by atoms with Gasteiger partial charge in [-0.15, -0.1) is 0 Å². The maximum Gasteiger partial charge on any atom is 0.244 e. The van der Waals surface area contributed by atoms with Gasteiger partial charge in [-0.05, 0) is 31.5 Å². The highest BCUT2D eigenvalue weighted by Crippen LogP contribution is 2.25. The molecule has 3 N–H and O–H groups in total. The molecule has 1 saturated heterocycles. The quantitative estimate of drug-likeness (QED) is 0.870. The van der Waals surface area contributed by atoms with E-state index in [0.29, 0.717) is 13.1 Å². The van der Waals surface area contributed by atoms with Crippen LogP contribution >= 0.6 is 15.9 Å². The Labute approximate surface area is 116 Å². The van der Waals surface area contributed by atoms with Gasteiger partial charge in [-0.3, -0.25) is 4.79 Å². The molecule has 0 aromatic heterocycles. The Bertz CT molecular complexity index is 438. The van der Waals surface area contributed by atoms with Crippen LogP contribution in [0, 0.1) is 0 Å². The molecule has 2 unspecified atom stereocenters. The molecule has 0 aliphatic carbocycles. The van der Waals surface area contributed by atoms with E-state index in [2.05, 4.69) is 33.1 Å². The predicted octanol–water partition coefficient (Wildman–Crippen LogP) is 1.49. The van der Waals surface area contributed by atoms with E-state index in [0.717, 1.165) is 16.6 Å². The van der Waals surface area contributed by atoms with Gasteiger partial charge in [0, 0.05) is 29.3 Å². The summed E-state index contributed by atoms with van der Waals surface area (Å²) in [5.41, 5.74) is 6.81. The van der Waals surface area contributed by atoms with Gasteiger partial charge in [0.05, 0.1) is 0 Å². The first-order chi connectivity index (χ1) is 8.63. The number of carbonyl (C=O) groups excluding carboxylic acids is 1. The van der Waals surface area contributed by atoms with Gasteiger partial charge in [0.25, 0.3) is 0 Å². The van der Waals surface area contributed by atoms with E-state index in [-0.39, 0.29) is 18.0 Å². The molecular weight excluding hydrogens is 294 g/mol.